The van der Waals surface area contributed by atoms with Gasteiger partial charge in [0.25, 0.3) is 0 Å². The van der Waals surface area contributed by atoms with Crippen molar-refractivity contribution in [2.75, 3.05) is 20.7 Å². The van der Waals surface area contributed by atoms with Gasteiger partial charge in [0.2, 0.25) is 0 Å². The van der Waals surface area contributed by atoms with Gasteiger partial charge in [0, 0.05) is 14.1 Å². The molecule has 4 N–H and O–H groups in total. The van der Waals surface area contributed by atoms with Crippen LogP contribution in [-0.4, -0.2) is 80.2 Å². The highest BCUT2D eigenvalue weighted by molar-refractivity contribution is 8.23. The Morgan fingerprint density at radius 3 is 2.29 bits per heavy atom. The largest absolute Gasteiger partial charge is 0.394 e. The smallest absolute Gasteiger partial charge is 0.139 e. The molecule has 17 heavy (non-hydrogen) atoms. The summed E-state index contributed by atoms with van der Waals surface area (Å²) in [5, 5.41) is 37.9. The van der Waals surface area contributed by atoms with Crippen molar-refractivity contribution in [3.05, 3.63) is 0 Å². The molecule has 0 aromatic rings. The van der Waals surface area contributed by atoms with E-state index in [4.69, 9.17) is 22.1 Å². The number of thiocarbonyl (C=S) groups is 1. The van der Waals surface area contributed by atoms with Crippen molar-refractivity contribution in [3.8, 4) is 0 Å². The number of hydrogen-bond acceptors (Lipinski definition) is 7. The van der Waals surface area contributed by atoms with Crippen LogP contribution < -0.4 is 0 Å². The van der Waals surface area contributed by atoms with Crippen molar-refractivity contribution in [1.29, 1.82) is 0 Å². The zero-order chi connectivity index (χ0) is 13.2. The molecule has 0 aromatic carbocycles. The van der Waals surface area contributed by atoms with E-state index >= 15 is 0 Å². The molecule has 100 valence electrons. The van der Waals surface area contributed by atoms with E-state index in [1.165, 1.54) is 0 Å². The predicted molar refractivity (Wildman–Crippen MR) is 67.6 cm³/mol. The van der Waals surface area contributed by atoms with Crippen molar-refractivity contribution in [1.82, 2.24) is 4.90 Å². The SMILES string of the molecule is CN(C)C(=S)S[C@@H]1O[C@H](CO)[C@H](O)[C@H](O)[C@H]1O. The first-order valence-electron chi connectivity index (χ1n) is 5.07. The molecule has 8 heteroatoms. The second kappa shape index (κ2) is 6.28. The Morgan fingerprint density at radius 1 is 1.24 bits per heavy atom. The van der Waals surface area contributed by atoms with Gasteiger partial charge in [-0.3, -0.25) is 0 Å². The van der Waals surface area contributed by atoms with Gasteiger partial charge in [0.05, 0.1) is 6.61 Å². The molecule has 0 aromatic heterocycles. The minimum Gasteiger partial charge on any atom is -0.394 e. The Kier molecular flexibility index (Phi) is 5.58. The molecule has 1 saturated heterocycles. The highest BCUT2D eigenvalue weighted by atomic mass is 32.2. The van der Waals surface area contributed by atoms with Crippen LogP contribution >= 0.6 is 24.0 Å². The first-order valence-corrected chi connectivity index (χ1v) is 6.35. The molecule has 1 aliphatic heterocycles. The fraction of sp³-hybridized carbons (Fsp3) is 0.889. The van der Waals surface area contributed by atoms with Crippen LogP contribution in [0.3, 0.4) is 0 Å². The lowest BCUT2D eigenvalue weighted by Gasteiger charge is -2.39. The monoisotopic (exact) mass is 283 g/mol. The summed E-state index contributed by atoms with van der Waals surface area (Å²) in [5.74, 6) is 0. The van der Waals surface area contributed by atoms with Crippen molar-refractivity contribution < 1.29 is 25.2 Å². The molecule has 0 saturated carbocycles. The van der Waals surface area contributed by atoms with Gasteiger partial charge in [-0.2, -0.15) is 0 Å². The Hall–Kier alpha value is 0.0400. The normalized spacial score (nSPS) is 37.9. The average Bonchev–Trinajstić information content (AvgIpc) is 2.29. The standard InChI is InChI=1S/C9H17NO5S2/c1-10(2)9(16)17-8-7(14)6(13)5(12)4(3-11)15-8/h4-8,11-14H,3H2,1-2H3/t4-,5+,6+,7-,8+/m1/s1. The van der Waals surface area contributed by atoms with Crippen LogP contribution in [0.1, 0.15) is 0 Å². The van der Waals surface area contributed by atoms with E-state index in [2.05, 4.69) is 0 Å². The highest BCUT2D eigenvalue weighted by Crippen LogP contribution is 2.29. The molecule has 1 rings (SSSR count). The Labute approximate surface area is 109 Å². The van der Waals surface area contributed by atoms with E-state index in [1.807, 2.05) is 0 Å². The molecule has 0 unspecified atom stereocenters. The maximum atomic E-state index is 9.74. The zero-order valence-electron chi connectivity index (χ0n) is 9.55. The first-order chi connectivity index (χ1) is 7.88. The molecule has 0 radical (unpaired) electrons. The summed E-state index contributed by atoms with van der Waals surface area (Å²) < 4.78 is 5.77. The van der Waals surface area contributed by atoms with Crippen LogP contribution in [0.2, 0.25) is 0 Å². The number of ether oxygens (including phenoxy) is 1. The number of thioether (sulfide) groups is 1. The predicted octanol–water partition coefficient (Wildman–Crippen LogP) is -1.63. The third-order valence-electron chi connectivity index (χ3n) is 2.43. The van der Waals surface area contributed by atoms with Crippen molar-refractivity contribution in [2.45, 2.75) is 29.9 Å². The van der Waals surface area contributed by atoms with Gasteiger partial charge in [-0.05, 0) is 0 Å². The molecule has 1 aliphatic rings. The quantitative estimate of drug-likeness (QED) is 0.449. The Bertz CT molecular complexity index is 276. The topological polar surface area (TPSA) is 93.4 Å². The minimum absolute atomic E-state index is 0.434. The zero-order valence-corrected chi connectivity index (χ0v) is 11.2. The number of aliphatic hydroxyl groups is 4. The molecular formula is C9H17NO5S2. The van der Waals surface area contributed by atoms with E-state index < -0.39 is 36.5 Å². The van der Waals surface area contributed by atoms with E-state index in [1.54, 1.807) is 19.0 Å². The molecule has 0 amide bonds. The third-order valence-corrected chi connectivity index (χ3v) is 4.27. The van der Waals surface area contributed by atoms with Crippen LogP contribution in [-0.2, 0) is 4.74 Å². The van der Waals surface area contributed by atoms with Crippen molar-refractivity contribution in [2.24, 2.45) is 0 Å². The van der Waals surface area contributed by atoms with Gasteiger partial charge in [-0.15, -0.1) is 0 Å². The summed E-state index contributed by atoms with van der Waals surface area (Å²) in [5.41, 5.74) is -0.805. The third kappa shape index (κ3) is 3.50. The van der Waals surface area contributed by atoms with Crippen molar-refractivity contribution >= 4 is 28.3 Å². The number of rotatable bonds is 2. The lowest BCUT2D eigenvalue weighted by molar-refractivity contribution is -0.205. The molecule has 0 spiro atoms. The maximum Gasteiger partial charge on any atom is 0.139 e. The molecule has 6 nitrogen and oxygen atoms in total. The van der Waals surface area contributed by atoms with Gasteiger partial charge < -0.3 is 30.1 Å². The van der Waals surface area contributed by atoms with Gasteiger partial charge in [-0.25, -0.2) is 0 Å². The molecular weight excluding hydrogens is 266 g/mol. The summed E-state index contributed by atoms with van der Waals surface area (Å²) in [6, 6.07) is 0. The van der Waals surface area contributed by atoms with E-state index in [0.29, 0.717) is 4.32 Å². The molecule has 1 heterocycles. The summed E-state index contributed by atoms with van der Waals surface area (Å²) in [6.07, 6.45) is -4.84. The summed E-state index contributed by atoms with van der Waals surface area (Å²) in [6.45, 7) is -0.434. The fourth-order valence-corrected chi connectivity index (χ4v) is 2.56. The summed E-state index contributed by atoms with van der Waals surface area (Å²) in [7, 11) is 3.50. The molecule has 5 atom stereocenters. The van der Waals surface area contributed by atoms with E-state index in [9.17, 15) is 15.3 Å². The average molecular weight is 283 g/mol. The van der Waals surface area contributed by atoms with Crippen LogP contribution in [0.25, 0.3) is 0 Å². The van der Waals surface area contributed by atoms with Crippen LogP contribution in [0.15, 0.2) is 0 Å². The number of aliphatic hydroxyl groups excluding tert-OH is 4. The molecule has 0 aliphatic carbocycles. The second-order valence-corrected chi connectivity index (χ2v) is 5.71. The van der Waals surface area contributed by atoms with Gasteiger partial charge in [-0.1, -0.05) is 24.0 Å². The molecule has 0 bridgehead atoms. The van der Waals surface area contributed by atoms with Gasteiger partial charge in [0.15, 0.2) is 0 Å². The number of nitrogens with zero attached hydrogens (tertiary/aromatic N) is 1. The first kappa shape index (κ1) is 15.1. The highest BCUT2D eigenvalue weighted by Gasteiger charge is 2.44. The minimum atomic E-state index is -1.36. The van der Waals surface area contributed by atoms with E-state index in [0.717, 1.165) is 11.8 Å². The maximum absolute atomic E-state index is 9.74. The number of hydrogen-bond donors (Lipinski definition) is 4. The van der Waals surface area contributed by atoms with Gasteiger partial charge in [0.1, 0.15) is 34.2 Å². The fourth-order valence-electron chi connectivity index (χ4n) is 1.37. The van der Waals surface area contributed by atoms with Crippen LogP contribution in [0, 0.1) is 0 Å². The second-order valence-electron chi connectivity index (χ2n) is 3.98. The van der Waals surface area contributed by atoms with Crippen molar-refractivity contribution in [3.63, 3.8) is 0 Å². The Balaban J connectivity index is 2.69. The summed E-state index contributed by atoms with van der Waals surface area (Å²) >= 11 is 6.11. The Morgan fingerprint density at radius 2 is 1.82 bits per heavy atom. The molecule has 1 fully saturated rings. The van der Waals surface area contributed by atoms with Crippen LogP contribution in [0.5, 0.6) is 0 Å². The van der Waals surface area contributed by atoms with Crippen LogP contribution in [0.4, 0.5) is 0 Å². The van der Waals surface area contributed by atoms with E-state index in [-0.39, 0.29) is 0 Å². The lowest BCUT2D eigenvalue weighted by Crippen LogP contribution is -2.57. The summed E-state index contributed by atoms with van der Waals surface area (Å²) in [4.78, 5) is 1.67. The van der Waals surface area contributed by atoms with Gasteiger partial charge >= 0.3 is 0 Å². The lowest BCUT2D eigenvalue weighted by atomic mass is 10.0.